The zero-order valence-corrected chi connectivity index (χ0v) is 15.2. The molecule has 3 heterocycles. The van der Waals surface area contributed by atoms with Gasteiger partial charge in [0.05, 0.1) is 11.4 Å². The number of hydrogen-bond acceptors (Lipinski definition) is 4. The van der Waals surface area contributed by atoms with Crippen molar-refractivity contribution in [3.8, 4) is 0 Å². The molecule has 1 aliphatic heterocycles. The second kappa shape index (κ2) is 6.11. The van der Waals surface area contributed by atoms with Crippen molar-refractivity contribution in [1.82, 2.24) is 9.88 Å². The molecule has 0 N–H and O–H groups in total. The number of aliphatic imine (C=N–C) groups is 1. The van der Waals surface area contributed by atoms with E-state index >= 15 is 0 Å². The summed E-state index contributed by atoms with van der Waals surface area (Å²) in [6.07, 6.45) is 4.11. The molecule has 128 valence electrons. The highest BCUT2D eigenvalue weighted by molar-refractivity contribution is 7.12. The van der Waals surface area contributed by atoms with E-state index in [0.717, 1.165) is 34.8 Å². The molecule has 0 aromatic carbocycles. The molecule has 0 unspecified atom stereocenters. The van der Waals surface area contributed by atoms with Gasteiger partial charge in [-0.1, -0.05) is 12.6 Å². The quantitative estimate of drug-likeness (QED) is 0.624. The Balaban J connectivity index is 1.66. The Morgan fingerprint density at radius 3 is 2.92 bits per heavy atom. The van der Waals surface area contributed by atoms with E-state index in [-0.39, 0.29) is 5.91 Å². The summed E-state index contributed by atoms with van der Waals surface area (Å²) in [5.74, 6) is 1.51. The van der Waals surface area contributed by atoms with E-state index in [4.69, 9.17) is 4.98 Å². The van der Waals surface area contributed by atoms with Crippen molar-refractivity contribution in [3.05, 3.63) is 58.1 Å². The summed E-state index contributed by atoms with van der Waals surface area (Å²) in [7, 11) is 1.77. The summed E-state index contributed by atoms with van der Waals surface area (Å²) < 4.78 is 0. The lowest BCUT2D eigenvalue weighted by atomic mass is 10.2. The molecule has 2 aliphatic rings. The molecule has 1 amide bonds. The first kappa shape index (κ1) is 16.0. The Morgan fingerprint density at radius 1 is 1.48 bits per heavy atom. The van der Waals surface area contributed by atoms with Crippen LogP contribution in [0.15, 0.2) is 41.4 Å². The van der Waals surface area contributed by atoms with E-state index in [9.17, 15) is 4.79 Å². The van der Waals surface area contributed by atoms with Crippen LogP contribution >= 0.6 is 11.3 Å². The van der Waals surface area contributed by atoms with Crippen molar-refractivity contribution < 1.29 is 4.79 Å². The Bertz CT molecular complexity index is 881. The van der Waals surface area contributed by atoms with Crippen LogP contribution < -0.4 is 4.90 Å². The van der Waals surface area contributed by atoms with Gasteiger partial charge >= 0.3 is 0 Å². The minimum Gasteiger partial charge on any atom is -0.329 e. The third kappa shape index (κ3) is 2.66. The zero-order chi connectivity index (χ0) is 17.6. The molecule has 5 nitrogen and oxygen atoms in total. The number of carbonyl (C=O) groups excluding carboxylic acids is 1. The fraction of sp³-hybridized carbons (Fsp3) is 0.316. The molecule has 1 saturated carbocycles. The van der Waals surface area contributed by atoms with Crippen molar-refractivity contribution in [2.45, 2.75) is 32.4 Å². The maximum atomic E-state index is 12.7. The number of carbonyl (C=O) groups is 1. The van der Waals surface area contributed by atoms with Gasteiger partial charge in [0, 0.05) is 13.1 Å². The Hall–Kier alpha value is -2.47. The van der Waals surface area contributed by atoms with E-state index in [1.807, 2.05) is 29.8 Å². The molecule has 1 aliphatic carbocycles. The van der Waals surface area contributed by atoms with Gasteiger partial charge in [-0.15, -0.1) is 11.3 Å². The number of fused-ring (bicyclic) bond motifs is 1. The second-order valence-corrected chi connectivity index (χ2v) is 7.25. The van der Waals surface area contributed by atoms with Crippen molar-refractivity contribution in [1.29, 1.82) is 0 Å². The molecule has 25 heavy (non-hydrogen) atoms. The highest BCUT2D eigenvalue weighted by Crippen LogP contribution is 2.34. The first-order valence-electron chi connectivity index (χ1n) is 8.38. The monoisotopic (exact) mass is 352 g/mol. The van der Waals surface area contributed by atoms with Crippen LogP contribution in [0.4, 0.5) is 5.82 Å². The van der Waals surface area contributed by atoms with E-state index < -0.39 is 0 Å². The van der Waals surface area contributed by atoms with Gasteiger partial charge in [-0.2, -0.15) is 0 Å². The summed E-state index contributed by atoms with van der Waals surface area (Å²) >= 11 is 1.52. The van der Waals surface area contributed by atoms with Crippen LogP contribution in [0.3, 0.4) is 0 Å². The van der Waals surface area contributed by atoms with Crippen molar-refractivity contribution >= 4 is 28.9 Å². The number of hydrogen-bond donors (Lipinski definition) is 0. The molecule has 0 spiro atoms. The van der Waals surface area contributed by atoms with Crippen LogP contribution in [0.1, 0.15) is 39.3 Å². The maximum Gasteiger partial charge on any atom is 0.270 e. The van der Waals surface area contributed by atoms with Crippen molar-refractivity contribution in [2.24, 2.45) is 4.99 Å². The van der Waals surface area contributed by atoms with Gasteiger partial charge in [0.2, 0.25) is 0 Å². The van der Waals surface area contributed by atoms with Crippen molar-refractivity contribution in [3.63, 3.8) is 0 Å². The van der Waals surface area contributed by atoms with Gasteiger partial charge in [0.1, 0.15) is 11.5 Å². The first-order valence-corrected chi connectivity index (χ1v) is 9.26. The van der Waals surface area contributed by atoms with Gasteiger partial charge in [0.15, 0.2) is 5.84 Å². The van der Waals surface area contributed by atoms with E-state index in [0.29, 0.717) is 18.4 Å². The molecule has 0 atom stereocenters. The second-order valence-electron chi connectivity index (χ2n) is 6.37. The SMILES string of the molecule is C=CN(C(=NC)c1cccc(N2Cc3c(C)csc3C2=O)n1)C1CC1. The van der Waals surface area contributed by atoms with Crippen LogP contribution in [-0.4, -0.2) is 34.7 Å². The molecule has 0 saturated heterocycles. The van der Waals surface area contributed by atoms with Gasteiger partial charge in [-0.3, -0.25) is 14.7 Å². The molecular weight excluding hydrogens is 332 g/mol. The summed E-state index contributed by atoms with van der Waals surface area (Å²) in [6.45, 7) is 6.55. The lowest BCUT2D eigenvalue weighted by molar-refractivity contribution is 0.0999. The van der Waals surface area contributed by atoms with Gasteiger partial charge in [-0.05, 0) is 54.6 Å². The highest BCUT2D eigenvalue weighted by atomic mass is 32.1. The lowest BCUT2D eigenvalue weighted by Gasteiger charge is -2.22. The van der Waals surface area contributed by atoms with E-state index in [1.54, 1.807) is 11.9 Å². The summed E-state index contributed by atoms with van der Waals surface area (Å²) in [6, 6.07) is 6.22. The third-order valence-electron chi connectivity index (χ3n) is 4.69. The van der Waals surface area contributed by atoms with E-state index in [1.165, 1.54) is 16.9 Å². The minimum absolute atomic E-state index is 0.0375. The molecule has 0 radical (unpaired) electrons. The minimum atomic E-state index is 0.0375. The average Bonchev–Trinajstić information content (AvgIpc) is 3.32. The smallest absolute Gasteiger partial charge is 0.270 e. The van der Waals surface area contributed by atoms with Crippen LogP contribution in [-0.2, 0) is 6.54 Å². The number of amides is 1. The topological polar surface area (TPSA) is 48.8 Å². The Morgan fingerprint density at radius 2 is 2.28 bits per heavy atom. The number of pyridine rings is 1. The van der Waals surface area contributed by atoms with Crippen LogP contribution in [0.5, 0.6) is 0 Å². The first-order chi connectivity index (χ1) is 12.1. The van der Waals surface area contributed by atoms with Gasteiger partial charge in [0.25, 0.3) is 5.91 Å². The number of aromatic nitrogens is 1. The van der Waals surface area contributed by atoms with E-state index in [2.05, 4.69) is 23.4 Å². The fourth-order valence-corrected chi connectivity index (χ4v) is 4.22. The van der Waals surface area contributed by atoms with Crippen LogP contribution in [0.25, 0.3) is 0 Å². The lowest BCUT2D eigenvalue weighted by Crippen LogP contribution is -2.30. The zero-order valence-electron chi connectivity index (χ0n) is 14.4. The Labute approximate surface area is 151 Å². The highest BCUT2D eigenvalue weighted by Gasteiger charge is 2.33. The molecule has 6 heteroatoms. The fourth-order valence-electron chi connectivity index (χ4n) is 3.20. The summed E-state index contributed by atoms with van der Waals surface area (Å²) in [5.41, 5.74) is 3.07. The third-order valence-corrected chi connectivity index (χ3v) is 5.82. The average molecular weight is 352 g/mol. The van der Waals surface area contributed by atoms with Crippen LogP contribution in [0, 0.1) is 6.92 Å². The Kier molecular flexibility index (Phi) is 3.92. The molecule has 4 rings (SSSR count). The normalized spacial score (nSPS) is 17.0. The predicted octanol–water partition coefficient (Wildman–Crippen LogP) is 3.60. The predicted molar refractivity (Wildman–Crippen MR) is 101 cm³/mol. The van der Waals surface area contributed by atoms with Crippen molar-refractivity contribution in [2.75, 3.05) is 11.9 Å². The van der Waals surface area contributed by atoms with Gasteiger partial charge < -0.3 is 4.90 Å². The molecule has 2 aromatic heterocycles. The summed E-state index contributed by atoms with van der Waals surface area (Å²) in [5, 5.41) is 2.04. The van der Waals surface area contributed by atoms with Gasteiger partial charge in [-0.25, -0.2) is 4.98 Å². The summed E-state index contributed by atoms with van der Waals surface area (Å²) in [4.78, 5) is 26.5. The number of amidine groups is 1. The molecule has 2 aromatic rings. The van der Waals surface area contributed by atoms with Crippen LogP contribution in [0.2, 0.25) is 0 Å². The molecule has 0 bridgehead atoms. The standard InChI is InChI=1S/C19H20N4OS/c1-4-22(13-8-9-13)18(20-3)15-6-5-7-16(21-15)23-10-14-12(2)11-25-17(14)19(23)24/h4-7,11,13H,1,8-10H2,2-3H3. The number of anilines is 1. The number of thiophene rings is 1. The largest absolute Gasteiger partial charge is 0.329 e. The number of aryl methyl sites for hydroxylation is 1. The number of rotatable bonds is 4. The molecule has 1 fully saturated rings. The maximum absolute atomic E-state index is 12.7. The number of nitrogens with zero attached hydrogens (tertiary/aromatic N) is 4. The molecular formula is C19H20N4OS.